The molecule has 2 aromatic rings. The van der Waals surface area contributed by atoms with Crippen LogP contribution in [-0.2, 0) is 6.54 Å². The van der Waals surface area contributed by atoms with E-state index in [0.717, 1.165) is 24.0 Å². The van der Waals surface area contributed by atoms with Crippen LogP contribution in [0.15, 0.2) is 16.6 Å². The summed E-state index contributed by atoms with van der Waals surface area (Å²) in [6, 6.07) is 3.21. The first-order chi connectivity index (χ1) is 9.04. The van der Waals surface area contributed by atoms with Gasteiger partial charge in [0, 0.05) is 12.6 Å². The third-order valence-corrected chi connectivity index (χ3v) is 5.09. The standard InChI is InChI=1S/C14H17BrFN3/c1-2-14(4-3-5-14)8-19-12-7-10(16)9(15)6-11(12)18-13(19)17/h6-7H,2-5,8H2,1H3,(H2,17,18). The van der Waals surface area contributed by atoms with Gasteiger partial charge in [0.15, 0.2) is 0 Å². The summed E-state index contributed by atoms with van der Waals surface area (Å²) in [6.45, 7) is 3.05. The van der Waals surface area contributed by atoms with Gasteiger partial charge in [-0.2, -0.15) is 0 Å². The number of rotatable bonds is 3. The van der Waals surface area contributed by atoms with Gasteiger partial charge in [0.1, 0.15) is 5.82 Å². The Kier molecular flexibility index (Phi) is 3.04. The molecule has 0 amide bonds. The van der Waals surface area contributed by atoms with Crippen LogP contribution in [0.2, 0.25) is 0 Å². The Balaban J connectivity index is 2.07. The van der Waals surface area contributed by atoms with E-state index in [-0.39, 0.29) is 5.82 Å². The molecule has 3 nitrogen and oxygen atoms in total. The third kappa shape index (κ3) is 2.04. The van der Waals surface area contributed by atoms with E-state index < -0.39 is 0 Å². The third-order valence-electron chi connectivity index (χ3n) is 4.48. The topological polar surface area (TPSA) is 43.8 Å². The molecular formula is C14H17BrFN3. The molecule has 0 spiro atoms. The summed E-state index contributed by atoms with van der Waals surface area (Å²) in [7, 11) is 0. The van der Waals surface area contributed by atoms with Gasteiger partial charge in [-0.15, -0.1) is 0 Å². The van der Waals surface area contributed by atoms with Crippen molar-refractivity contribution in [2.45, 2.75) is 39.2 Å². The molecule has 2 N–H and O–H groups in total. The maximum Gasteiger partial charge on any atom is 0.201 e. The minimum absolute atomic E-state index is 0.271. The fourth-order valence-corrected chi connectivity index (χ4v) is 3.27. The number of hydrogen-bond acceptors (Lipinski definition) is 2. The molecule has 0 atom stereocenters. The molecule has 5 heteroatoms. The molecule has 1 aromatic heterocycles. The van der Waals surface area contributed by atoms with Gasteiger partial charge in [-0.25, -0.2) is 9.37 Å². The Hall–Kier alpha value is -1.10. The molecule has 1 aliphatic rings. The molecule has 1 aromatic carbocycles. The molecular weight excluding hydrogens is 309 g/mol. The molecule has 0 bridgehead atoms. The Morgan fingerprint density at radius 2 is 2.21 bits per heavy atom. The number of aromatic nitrogens is 2. The maximum absolute atomic E-state index is 13.7. The van der Waals surface area contributed by atoms with Crippen LogP contribution in [0.1, 0.15) is 32.6 Å². The van der Waals surface area contributed by atoms with Crippen LogP contribution in [-0.4, -0.2) is 9.55 Å². The van der Waals surface area contributed by atoms with Gasteiger partial charge in [-0.05, 0) is 46.7 Å². The average molecular weight is 326 g/mol. The number of fused-ring (bicyclic) bond motifs is 1. The normalized spacial score (nSPS) is 17.6. The number of anilines is 1. The Morgan fingerprint density at radius 1 is 1.47 bits per heavy atom. The van der Waals surface area contributed by atoms with E-state index in [2.05, 4.69) is 27.8 Å². The second kappa shape index (κ2) is 4.47. The SMILES string of the molecule is CCC1(Cn2c(N)nc3cc(Br)c(F)cc32)CCC1. The number of hydrogen-bond donors (Lipinski definition) is 1. The van der Waals surface area contributed by atoms with Gasteiger partial charge < -0.3 is 10.3 Å². The number of nitrogens with zero attached hydrogens (tertiary/aromatic N) is 2. The summed E-state index contributed by atoms with van der Waals surface area (Å²) in [6.07, 6.45) is 4.86. The molecule has 102 valence electrons. The molecule has 0 aliphatic heterocycles. The van der Waals surface area contributed by atoms with Gasteiger partial charge in [0.2, 0.25) is 5.95 Å². The number of halogens is 2. The van der Waals surface area contributed by atoms with Crippen LogP contribution < -0.4 is 5.73 Å². The molecule has 1 heterocycles. The van der Waals surface area contributed by atoms with Gasteiger partial charge in [0.05, 0.1) is 15.5 Å². The lowest BCUT2D eigenvalue weighted by Gasteiger charge is -2.41. The van der Waals surface area contributed by atoms with Crippen molar-refractivity contribution >= 4 is 32.9 Å². The van der Waals surface area contributed by atoms with Crippen LogP contribution in [0.3, 0.4) is 0 Å². The Labute approximate surface area is 120 Å². The first-order valence-electron chi connectivity index (χ1n) is 6.65. The van der Waals surface area contributed by atoms with Crippen LogP contribution in [0, 0.1) is 11.2 Å². The number of nitrogens with two attached hydrogens (primary N) is 1. The fourth-order valence-electron chi connectivity index (χ4n) is 2.94. The molecule has 1 saturated carbocycles. The van der Waals surface area contributed by atoms with E-state index in [9.17, 15) is 4.39 Å². The highest BCUT2D eigenvalue weighted by Gasteiger charge is 2.36. The van der Waals surface area contributed by atoms with Crippen molar-refractivity contribution in [1.82, 2.24) is 9.55 Å². The lowest BCUT2D eigenvalue weighted by molar-refractivity contribution is 0.103. The summed E-state index contributed by atoms with van der Waals surface area (Å²) in [4.78, 5) is 4.34. The zero-order valence-corrected chi connectivity index (χ0v) is 12.5. The van der Waals surface area contributed by atoms with Crippen molar-refractivity contribution < 1.29 is 4.39 Å². The Bertz CT molecular complexity index is 626. The van der Waals surface area contributed by atoms with Gasteiger partial charge in [-0.3, -0.25) is 0 Å². The van der Waals surface area contributed by atoms with Crippen molar-refractivity contribution in [3.8, 4) is 0 Å². The van der Waals surface area contributed by atoms with Crippen LogP contribution in [0.5, 0.6) is 0 Å². The summed E-state index contributed by atoms with van der Waals surface area (Å²) in [5.41, 5.74) is 7.87. The quantitative estimate of drug-likeness (QED) is 0.923. The second-order valence-electron chi connectivity index (χ2n) is 5.52. The molecule has 0 unspecified atom stereocenters. The zero-order chi connectivity index (χ0) is 13.6. The number of nitrogen functional groups attached to an aromatic ring is 1. The minimum Gasteiger partial charge on any atom is -0.369 e. The van der Waals surface area contributed by atoms with E-state index in [1.165, 1.54) is 25.3 Å². The fraction of sp³-hybridized carbons (Fsp3) is 0.500. The molecule has 1 fully saturated rings. The summed E-state index contributed by atoms with van der Waals surface area (Å²) >= 11 is 3.18. The largest absolute Gasteiger partial charge is 0.369 e. The number of benzene rings is 1. The van der Waals surface area contributed by atoms with Crippen molar-refractivity contribution in [3.05, 3.63) is 22.4 Å². The predicted octanol–water partition coefficient (Wildman–Crippen LogP) is 4.10. The van der Waals surface area contributed by atoms with Gasteiger partial charge in [-0.1, -0.05) is 13.3 Å². The van der Waals surface area contributed by atoms with Crippen LogP contribution in [0.25, 0.3) is 11.0 Å². The Morgan fingerprint density at radius 3 is 2.79 bits per heavy atom. The van der Waals surface area contributed by atoms with Crippen LogP contribution >= 0.6 is 15.9 Å². The summed E-state index contributed by atoms with van der Waals surface area (Å²) in [5.74, 6) is 0.208. The molecule has 1 aliphatic carbocycles. The number of imidazole rings is 1. The smallest absolute Gasteiger partial charge is 0.201 e. The van der Waals surface area contributed by atoms with Crippen molar-refractivity contribution in [2.75, 3.05) is 5.73 Å². The minimum atomic E-state index is -0.271. The van der Waals surface area contributed by atoms with Crippen molar-refractivity contribution in [1.29, 1.82) is 0 Å². The molecule has 0 radical (unpaired) electrons. The van der Waals surface area contributed by atoms with E-state index in [4.69, 9.17) is 5.73 Å². The first-order valence-corrected chi connectivity index (χ1v) is 7.45. The molecule has 3 rings (SSSR count). The lowest BCUT2D eigenvalue weighted by atomic mass is 9.67. The zero-order valence-electron chi connectivity index (χ0n) is 10.9. The van der Waals surface area contributed by atoms with Crippen molar-refractivity contribution in [2.24, 2.45) is 5.41 Å². The highest BCUT2D eigenvalue weighted by molar-refractivity contribution is 9.10. The van der Waals surface area contributed by atoms with Crippen molar-refractivity contribution in [3.63, 3.8) is 0 Å². The molecule has 0 saturated heterocycles. The van der Waals surface area contributed by atoms with Gasteiger partial charge >= 0.3 is 0 Å². The predicted molar refractivity (Wildman–Crippen MR) is 78.4 cm³/mol. The van der Waals surface area contributed by atoms with E-state index in [1.54, 1.807) is 6.07 Å². The van der Waals surface area contributed by atoms with Gasteiger partial charge in [0.25, 0.3) is 0 Å². The monoisotopic (exact) mass is 325 g/mol. The van der Waals surface area contributed by atoms with E-state index >= 15 is 0 Å². The summed E-state index contributed by atoms with van der Waals surface area (Å²) < 4.78 is 16.1. The second-order valence-corrected chi connectivity index (χ2v) is 6.37. The highest BCUT2D eigenvalue weighted by atomic mass is 79.9. The first kappa shape index (κ1) is 12.9. The van der Waals surface area contributed by atoms with E-state index in [1.807, 2.05) is 4.57 Å². The average Bonchev–Trinajstić information content (AvgIpc) is 2.61. The highest BCUT2D eigenvalue weighted by Crippen LogP contribution is 2.46. The van der Waals surface area contributed by atoms with E-state index in [0.29, 0.717) is 15.8 Å². The lowest BCUT2D eigenvalue weighted by Crippen LogP contribution is -2.33. The summed E-state index contributed by atoms with van der Waals surface area (Å²) in [5, 5.41) is 0. The maximum atomic E-state index is 13.7. The molecule has 19 heavy (non-hydrogen) atoms. The van der Waals surface area contributed by atoms with Crippen LogP contribution in [0.4, 0.5) is 10.3 Å².